The number of nitrogens with zero attached hydrogens (tertiary/aromatic N) is 2. The summed E-state index contributed by atoms with van der Waals surface area (Å²) in [6, 6.07) is 8.50. The van der Waals surface area contributed by atoms with Crippen molar-refractivity contribution in [3.8, 4) is 0 Å². The Morgan fingerprint density at radius 1 is 1.08 bits per heavy atom. The molecule has 3 fully saturated rings. The fourth-order valence-corrected chi connectivity index (χ4v) is 4.57. The Morgan fingerprint density at radius 2 is 1.84 bits per heavy atom. The van der Waals surface area contributed by atoms with Crippen molar-refractivity contribution in [1.29, 1.82) is 0 Å². The molecule has 2 amide bonds. The Bertz CT molecular complexity index is 670. The van der Waals surface area contributed by atoms with Crippen molar-refractivity contribution < 1.29 is 14.7 Å². The van der Waals surface area contributed by atoms with E-state index in [1.165, 1.54) is 19.3 Å². The Balaban J connectivity index is 1.43. The lowest BCUT2D eigenvalue weighted by molar-refractivity contribution is -0.143. The minimum absolute atomic E-state index is 0.124. The van der Waals surface area contributed by atoms with E-state index in [-0.39, 0.29) is 11.9 Å². The number of fused-ring (bicyclic) bond motifs is 2. The van der Waals surface area contributed by atoms with Crippen molar-refractivity contribution in [2.75, 3.05) is 29.9 Å². The molecule has 0 aromatic heterocycles. The van der Waals surface area contributed by atoms with Gasteiger partial charge in [-0.1, -0.05) is 12.1 Å². The second-order valence-electron chi connectivity index (χ2n) is 7.53. The summed E-state index contributed by atoms with van der Waals surface area (Å²) in [5, 5.41) is 12.1. The molecule has 4 rings (SSSR count). The molecule has 1 aromatic carbocycles. The van der Waals surface area contributed by atoms with Crippen LogP contribution < -0.4 is 10.2 Å². The fraction of sp³-hybridized carbons (Fsp3) is 0.579. The number of anilines is 2. The van der Waals surface area contributed by atoms with Crippen LogP contribution in [-0.4, -0.2) is 47.7 Å². The van der Waals surface area contributed by atoms with Gasteiger partial charge in [-0.2, -0.15) is 0 Å². The van der Waals surface area contributed by atoms with Crippen LogP contribution in [0.1, 0.15) is 32.1 Å². The van der Waals surface area contributed by atoms with Gasteiger partial charge >= 0.3 is 12.0 Å². The van der Waals surface area contributed by atoms with Crippen LogP contribution in [0.5, 0.6) is 0 Å². The maximum absolute atomic E-state index is 12.6. The number of carboxylic acids is 1. The first-order valence-corrected chi connectivity index (χ1v) is 9.26. The van der Waals surface area contributed by atoms with Gasteiger partial charge in [0.15, 0.2) is 0 Å². The molecule has 1 aliphatic carbocycles. The van der Waals surface area contributed by atoms with Gasteiger partial charge in [0.2, 0.25) is 0 Å². The maximum Gasteiger partial charge on any atom is 0.321 e. The van der Waals surface area contributed by atoms with E-state index in [0.29, 0.717) is 32.0 Å². The van der Waals surface area contributed by atoms with Crippen LogP contribution in [0.3, 0.4) is 0 Å². The van der Waals surface area contributed by atoms with E-state index in [2.05, 4.69) is 16.3 Å². The number of nitrogens with one attached hydrogen (secondary N) is 1. The maximum atomic E-state index is 12.6. The molecule has 2 N–H and O–H groups in total. The molecule has 6 nitrogen and oxygen atoms in total. The molecule has 2 aliphatic heterocycles. The number of likely N-dealkylation sites (tertiary alicyclic amines) is 1. The highest BCUT2D eigenvalue weighted by atomic mass is 16.4. The Labute approximate surface area is 147 Å². The normalized spacial score (nSPS) is 26.1. The highest BCUT2D eigenvalue weighted by molar-refractivity contribution is 5.93. The zero-order chi connectivity index (χ0) is 17.4. The number of carbonyl (C=O) groups excluding carboxylic acids is 1. The molecule has 1 aromatic rings. The number of benzene rings is 1. The number of aliphatic carboxylic acids is 1. The van der Waals surface area contributed by atoms with E-state index in [1.54, 1.807) is 4.90 Å². The van der Waals surface area contributed by atoms with Gasteiger partial charge in [0, 0.05) is 25.7 Å². The summed E-state index contributed by atoms with van der Waals surface area (Å²) in [5.74, 6) is -0.283. The second kappa shape index (κ2) is 6.58. The molecule has 0 radical (unpaired) electrons. The first-order valence-electron chi connectivity index (χ1n) is 9.26. The quantitative estimate of drug-likeness (QED) is 0.885. The predicted octanol–water partition coefficient (Wildman–Crippen LogP) is 3.00. The number of urea groups is 1. The zero-order valence-electron chi connectivity index (χ0n) is 14.4. The van der Waals surface area contributed by atoms with Crippen LogP contribution in [0.15, 0.2) is 24.3 Å². The zero-order valence-corrected chi connectivity index (χ0v) is 14.4. The molecule has 1 saturated carbocycles. The van der Waals surface area contributed by atoms with Gasteiger partial charge in [-0.15, -0.1) is 0 Å². The van der Waals surface area contributed by atoms with E-state index < -0.39 is 5.97 Å². The standard InChI is InChI=1S/C19H25N3O3/c23-18(24)14-7-9-21(10-8-14)19(25)20-16-3-1-2-4-17(16)22-12-13-5-6-15(22)11-13/h1-4,13-15H,5-12H2,(H,20,25)(H,23,24). The number of piperidine rings is 2. The van der Waals surface area contributed by atoms with Crippen LogP contribution in [0.25, 0.3) is 0 Å². The minimum Gasteiger partial charge on any atom is -0.481 e. The first-order chi connectivity index (χ1) is 12.1. The summed E-state index contributed by atoms with van der Waals surface area (Å²) in [6.07, 6.45) is 4.90. The number of carboxylic acid groups (broad SMARTS) is 1. The number of para-hydroxylation sites is 2. The molecule has 134 valence electrons. The lowest BCUT2D eigenvalue weighted by Gasteiger charge is -2.33. The summed E-state index contributed by atoms with van der Waals surface area (Å²) in [7, 11) is 0. The number of hydrogen-bond acceptors (Lipinski definition) is 3. The van der Waals surface area contributed by atoms with Gasteiger partial charge in [-0.05, 0) is 50.2 Å². The highest BCUT2D eigenvalue weighted by Gasteiger charge is 2.38. The molecule has 25 heavy (non-hydrogen) atoms. The fourth-order valence-electron chi connectivity index (χ4n) is 4.57. The SMILES string of the molecule is O=C(O)C1CCN(C(=O)Nc2ccccc2N2CC3CCC2C3)CC1. The van der Waals surface area contributed by atoms with Crippen LogP contribution in [0.2, 0.25) is 0 Å². The van der Waals surface area contributed by atoms with E-state index >= 15 is 0 Å². The summed E-state index contributed by atoms with van der Waals surface area (Å²) in [6.45, 7) is 2.08. The average Bonchev–Trinajstić information content (AvgIpc) is 3.25. The van der Waals surface area contributed by atoms with Crippen molar-refractivity contribution in [2.24, 2.45) is 11.8 Å². The number of rotatable bonds is 3. The third kappa shape index (κ3) is 3.17. The Morgan fingerprint density at radius 3 is 2.48 bits per heavy atom. The predicted molar refractivity (Wildman–Crippen MR) is 95.9 cm³/mol. The lowest BCUT2D eigenvalue weighted by Crippen LogP contribution is -2.42. The number of amides is 2. The Hall–Kier alpha value is -2.24. The van der Waals surface area contributed by atoms with E-state index in [1.807, 2.05) is 18.2 Å². The van der Waals surface area contributed by atoms with Gasteiger partial charge in [0.25, 0.3) is 0 Å². The molecular weight excluding hydrogens is 318 g/mol. The van der Waals surface area contributed by atoms with Crippen LogP contribution >= 0.6 is 0 Å². The Kier molecular flexibility index (Phi) is 4.27. The first kappa shape index (κ1) is 16.2. The third-order valence-electron chi connectivity index (χ3n) is 6.00. The minimum atomic E-state index is -0.755. The molecule has 2 heterocycles. The smallest absolute Gasteiger partial charge is 0.321 e. The molecule has 6 heteroatoms. The summed E-state index contributed by atoms with van der Waals surface area (Å²) >= 11 is 0. The van der Waals surface area contributed by atoms with Crippen molar-refractivity contribution in [3.05, 3.63) is 24.3 Å². The lowest BCUT2D eigenvalue weighted by atomic mass is 9.97. The summed E-state index contributed by atoms with van der Waals surface area (Å²) < 4.78 is 0. The van der Waals surface area contributed by atoms with Crippen molar-refractivity contribution in [3.63, 3.8) is 0 Å². The van der Waals surface area contributed by atoms with Gasteiger partial charge < -0.3 is 20.2 Å². The molecule has 0 spiro atoms. The molecule has 3 aliphatic rings. The second-order valence-corrected chi connectivity index (χ2v) is 7.53. The molecule has 2 unspecified atom stereocenters. The van der Waals surface area contributed by atoms with E-state index in [0.717, 1.165) is 23.8 Å². The van der Waals surface area contributed by atoms with Gasteiger partial charge in [-0.3, -0.25) is 4.79 Å². The van der Waals surface area contributed by atoms with Crippen molar-refractivity contribution >= 4 is 23.4 Å². The summed E-state index contributed by atoms with van der Waals surface area (Å²) in [5.41, 5.74) is 1.98. The largest absolute Gasteiger partial charge is 0.481 e. The van der Waals surface area contributed by atoms with E-state index in [4.69, 9.17) is 5.11 Å². The van der Waals surface area contributed by atoms with Gasteiger partial charge in [0.1, 0.15) is 0 Å². The van der Waals surface area contributed by atoms with Crippen LogP contribution in [0.4, 0.5) is 16.2 Å². The van der Waals surface area contributed by atoms with Crippen molar-refractivity contribution in [1.82, 2.24) is 4.90 Å². The highest BCUT2D eigenvalue weighted by Crippen LogP contribution is 2.42. The van der Waals surface area contributed by atoms with E-state index in [9.17, 15) is 9.59 Å². The molecular formula is C19H25N3O3. The van der Waals surface area contributed by atoms with Gasteiger partial charge in [0.05, 0.1) is 17.3 Å². The average molecular weight is 343 g/mol. The van der Waals surface area contributed by atoms with Crippen LogP contribution in [-0.2, 0) is 4.79 Å². The topological polar surface area (TPSA) is 72.9 Å². The third-order valence-corrected chi connectivity index (χ3v) is 6.00. The van der Waals surface area contributed by atoms with Crippen LogP contribution in [0, 0.1) is 11.8 Å². The monoisotopic (exact) mass is 343 g/mol. The number of hydrogen-bond donors (Lipinski definition) is 2. The molecule has 2 bridgehead atoms. The van der Waals surface area contributed by atoms with Crippen molar-refractivity contribution in [2.45, 2.75) is 38.1 Å². The van der Waals surface area contributed by atoms with Gasteiger partial charge in [-0.25, -0.2) is 4.79 Å². The number of carbonyl (C=O) groups is 2. The molecule has 2 atom stereocenters. The molecule has 2 saturated heterocycles. The summed E-state index contributed by atoms with van der Waals surface area (Å²) in [4.78, 5) is 27.8.